The third-order valence-corrected chi connectivity index (χ3v) is 4.74. The number of nitro groups is 1. The molecule has 30 heavy (non-hydrogen) atoms. The predicted octanol–water partition coefficient (Wildman–Crippen LogP) is 5.14. The molecule has 0 amide bonds. The first-order chi connectivity index (χ1) is 14.6. The van der Waals surface area contributed by atoms with Gasteiger partial charge in [0.2, 0.25) is 11.6 Å². The van der Waals surface area contributed by atoms with Crippen molar-refractivity contribution in [3.8, 4) is 0 Å². The lowest BCUT2D eigenvalue weighted by atomic mass is 10.1. The molecule has 0 saturated heterocycles. The molecule has 2 aromatic heterocycles. The SMILES string of the molecule is CCN(c1ccccc1)c1ncnc(Nc2cccc3ccc(C)nc23)c1[N+](=O)[O-]. The second kappa shape index (κ2) is 8.12. The molecule has 2 aromatic carbocycles. The van der Waals surface area contributed by atoms with Crippen molar-refractivity contribution in [3.05, 3.63) is 82.8 Å². The third kappa shape index (κ3) is 3.62. The molecule has 0 saturated carbocycles. The van der Waals surface area contributed by atoms with Gasteiger partial charge in [0.15, 0.2) is 0 Å². The lowest BCUT2D eigenvalue weighted by molar-refractivity contribution is -0.383. The second-order valence-electron chi connectivity index (χ2n) is 6.69. The summed E-state index contributed by atoms with van der Waals surface area (Å²) in [6, 6.07) is 19.0. The summed E-state index contributed by atoms with van der Waals surface area (Å²) in [6.07, 6.45) is 1.33. The van der Waals surface area contributed by atoms with Gasteiger partial charge in [-0.05, 0) is 38.1 Å². The topological polar surface area (TPSA) is 97.1 Å². The van der Waals surface area contributed by atoms with Crippen LogP contribution in [-0.4, -0.2) is 26.4 Å². The van der Waals surface area contributed by atoms with Crippen LogP contribution < -0.4 is 10.2 Å². The van der Waals surface area contributed by atoms with Gasteiger partial charge in [-0.1, -0.05) is 36.4 Å². The average molecular weight is 400 g/mol. The summed E-state index contributed by atoms with van der Waals surface area (Å²) in [5, 5.41) is 16.1. The van der Waals surface area contributed by atoms with E-state index in [-0.39, 0.29) is 17.3 Å². The fourth-order valence-corrected chi connectivity index (χ4v) is 3.36. The van der Waals surface area contributed by atoms with Crippen molar-refractivity contribution in [1.29, 1.82) is 0 Å². The normalized spacial score (nSPS) is 10.7. The van der Waals surface area contributed by atoms with Gasteiger partial charge in [0.1, 0.15) is 6.33 Å². The van der Waals surface area contributed by atoms with Crippen molar-refractivity contribution in [2.24, 2.45) is 0 Å². The molecular formula is C22H20N6O2. The minimum atomic E-state index is -0.451. The standard InChI is InChI=1S/C22H20N6O2/c1-3-27(17-9-5-4-6-10-17)22-20(28(29)30)21(23-14-24-22)26-18-11-7-8-16-13-12-15(2)25-19(16)18/h4-14H,3H2,1-2H3,(H,23,24,26). The molecule has 0 unspecified atom stereocenters. The van der Waals surface area contributed by atoms with Gasteiger partial charge in [0, 0.05) is 23.3 Å². The number of anilines is 4. The first-order valence-electron chi connectivity index (χ1n) is 9.54. The first kappa shape index (κ1) is 19.3. The van der Waals surface area contributed by atoms with Crippen molar-refractivity contribution in [1.82, 2.24) is 15.0 Å². The number of pyridine rings is 1. The molecule has 4 aromatic rings. The quantitative estimate of drug-likeness (QED) is 0.353. The zero-order valence-corrected chi connectivity index (χ0v) is 16.6. The predicted molar refractivity (Wildman–Crippen MR) is 118 cm³/mol. The number of fused-ring (bicyclic) bond motifs is 1. The minimum absolute atomic E-state index is 0.121. The number of hydrogen-bond donors (Lipinski definition) is 1. The van der Waals surface area contributed by atoms with E-state index in [2.05, 4.69) is 20.3 Å². The number of aromatic nitrogens is 3. The maximum Gasteiger partial charge on any atom is 0.354 e. The molecule has 4 rings (SSSR count). The van der Waals surface area contributed by atoms with E-state index in [1.54, 1.807) is 4.90 Å². The summed E-state index contributed by atoms with van der Waals surface area (Å²) in [4.78, 5) is 26.4. The van der Waals surface area contributed by atoms with Crippen LogP contribution in [0.1, 0.15) is 12.6 Å². The number of rotatable bonds is 6. The monoisotopic (exact) mass is 400 g/mol. The van der Waals surface area contributed by atoms with Gasteiger partial charge in [0.25, 0.3) is 0 Å². The van der Waals surface area contributed by atoms with Crippen molar-refractivity contribution < 1.29 is 4.92 Å². The van der Waals surface area contributed by atoms with E-state index < -0.39 is 4.92 Å². The third-order valence-electron chi connectivity index (χ3n) is 4.74. The molecule has 0 fully saturated rings. The molecule has 8 heteroatoms. The van der Waals surface area contributed by atoms with Crippen molar-refractivity contribution in [2.75, 3.05) is 16.8 Å². The second-order valence-corrected chi connectivity index (χ2v) is 6.69. The van der Waals surface area contributed by atoms with Crippen LogP contribution in [0.25, 0.3) is 10.9 Å². The van der Waals surface area contributed by atoms with Gasteiger partial charge in [-0.3, -0.25) is 15.1 Å². The van der Waals surface area contributed by atoms with E-state index in [1.165, 1.54) is 6.33 Å². The summed E-state index contributed by atoms with van der Waals surface area (Å²) in [7, 11) is 0. The number of benzene rings is 2. The Morgan fingerprint density at radius 2 is 1.83 bits per heavy atom. The van der Waals surface area contributed by atoms with E-state index in [0.717, 1.165) is 22.3 Å². The van der Waals surface area contributed by atoms with Crippen LogP contribution >= 0.6 is 0 Å². The van der Waals surface area contributed by atoms with E-state index in [0.29, 0.717) is 12.2 Å². The molecule has 0 spiro atoms. The molecule has 8 nitrogen and oxygen atoms in total. The maximum absolute atomic E-state index is 12.0. The van der Waals surface area contributed by atoms with Gasteiger partial charge >= 0.3 is 5.69 Å². The lowest BCUT2D eigenvalue weighted by Gasteiger charge is -2.22. The Kier molecular flexibility index (Phi) is 5.21. The molecule has 0 radical (unpaired) electrons. The van der Waals surface area contributed by atoms with E-state index in [1.807, 2.05) is 74.5 Å². The number of hydrogen-bond acceptors (Lipinski definition) is 7. The highest BCUT2D eigenvalue weighted by molar-refractivity contribution is 5.93. The van der Waals surface area contributed by atoms with Gasteiger partial charge < -0.3 is 10.2 Å². The summed E-state index contributed by atoms with van der Waals surface area (Å²) in [5.74, 6) is 0.353. The molecule has 2 heterocycles. The number of para-hydroxylation sites is 2. The molecule has 0 bridgehead atoms. The highest BCUT2D eigenvalue weighted by Gasteiger charge is 2.27. The Labute approximate surface area is 173 Å². The fraction of sp³-hybridized carbons (Fsp3) is 0.136. The summed E-state index contributed by atoms with van der Waals surface area (Å²) >= 11 is 0. The van der Waals surface area contributed by atoms with Gasteiger partial charge in [0.05, 0.1) is 16.1 Å². The molecule has 150 valence electrons. The Morgan fingerprint density at radius 1 is 1.03 bits per heavy atom. The van der Waals surface area contributed by atoms with Crippen molar-refractivity contribution in [2.45, 2.75) is 13.8 Å². The largest absolute Gasteiger partial charge is 0.354 e. The molecule has 0 atom stereocenters. The van der Waals surface area contributed by atoms with Crippen LogP contribution in [0.4, 0.5) is 28.7 Å². The van der Waals surface area contributed by atoms with Gasteiger partial charge in [-0.15, -0.1) is 0 Å². The Morgan fingerprint density at radius 3 is 2.57 bits per heavy atom. The summed E-state index contributed by atoms with van der Waals surface area (Å²) < 4.78 is 0. The van der Waals surface area contributed by atoms with Crippen LogP contribution in [0.2, 0.25) is 0 Å². The van der Waals surface area contributed by atoms with Gasteiger partial charge in [-0.2, -0.15) is 0 Å². The van der Waals surface area contributed by atoms with Crippen molar-refractivity contribution >= 4 is 39.6 Å². The Bertz CT molecular complexity index is 1210. The Hall–Kier alpha value is -4.07. The fourth-order valence-electron chi connectivity index (χ4n) is 3.36. The number of aryl methyl sites for hydroxylation is 1. The molecule has 0 aliphatic rings. The molecular weight excluding hydrogens is 380 g/mol. The lowest BCUT2D eigenvalue weighted by Crippen LogP contribution is -2.19. The minimum Gasteiger partial charge on any atom is -0.332 e. The summed E-state index contributed by atoms with van der Waals surface area (Å²) in [6.45, 7) is 4.33. The summed E-state index contributed by atoms with van der Waals surface area (Å²) in [5.41, 5.74) is 2.85. The van der Waals surface area contributed by atoms with E-state index in [9.17, 15) is 10.1 Å². The first-order valence-corrected chi connectivity index (χ1v) is 9.54. The molecule has 0 aliphatic carbocycles. The van der Waals surface area contributed by atoms with Crippen molar-refractivity contribution in [3.63, 3.8) is 0 Å². The highest BCUT2D eigenvalue weighted by atomic mass is 16.6. The molecule has 1 N–H and O–H groups in total. The molecule has 0 aliphatic heterocycles. The van der Waals surface area contributed by atoms with E-state index in [4.69, 9.17) is 0 Å². The Balaban J connectivity index is 1.83. The van der Waals surface area contributed by atoms with E-state index >= 15 is 0 Å². The smallest absolute Gasteiger partial charge is 0.332 e. The number of nitrogens with zero attached hydrogens (tertiary/aromatic N) is 5. The van der Waals surface area contributed by atoms with Crippen LogP contribution in [0.3, 0.4) is 0 Å². The van der Waals surface area contributed by atoms with Gasteiger partial charge in [-0.25, -0.2) is 9.97 Å². The highest BCUT2D eigenvalue weighted by Crippen LogP contribution is 2.37. The number of nitrogens with one attached hydrogen (secondary N) is 1. The zero-order valence-electron chi connectivity index (χ0n) is 16.6. The van der Waals surface area contributed by atoms with Crippen LogP contribution in [0, 0.1) is 17.0 Å². The van der Waals surface area contributed by atoms with Crippen LogP contribution in [0.5, 0.6) is 0 Å². The average Bonchev–Trinajstić information content (AvgIpc) is 2.75. The van der Waals surface area contributed by atoms with Crippen LogP contribution in [-0.2, 0) is 0 Å². The van der Waals surface area contributed by atoms with Crippen LogP contribution in [0.15, 0.2) is 67.0 Å². The maximum atomic E-state index is 12.0. The zero-order chi connectivity index (χ0) is 21.1.